The second kappa shape index (κ2) is 7.51. The van der Waals surface area contributed by atoms with Gasteiger partial charge in [0.25, 0.3) is 5.91 Å². The van der Waals surface area contributed by atoms with Crippen molar-refractivity contribution in [2.24, 2.45) is 5.92 Å². The van der Waals surface area contributed by atoms with Gasteiger partial charge in [-0.3, -0.25) is 14.6 Å². The Morgan fingerprint density at radius 3 is 2.61 bits per heavy atom. The lowest BCUT2D eigenvalue weighted by Gasteiger charge is -2.11. The lowest BCUT2D eigenvalue weighted by atomic mass is 10.1. The van der Waals surface area contributed by atoms with Gasteiger partial charge in [0.05, 0.1) is 11.9 Å². The first-order valence-corrected chi connectivity index (χ1v) is 8.74. The molecule has 0 bridgehead atoms. The molecule has 4 rings (SSSR count). The summed E-state index contributed by atoms with van der Waals surface area (Å²) in [5.74, 6) is -0.668. The van der Waals surface area contributed by atoms with Crippen LogP contribution in [-0.4, -0.2) is 26.8 Å². The zero-order chi connectivity index (χ0) is 19.5. The van der Waals surface area contributed by atoms with Crippen LogP contribution in [0.15, 0.2) is 55.1 Å². The second-order valence-corrected chi connectivity index (χ2v) is 6.44. The van der Waals surface area contributed by atoms with Gasteiger partial charge in [-0.1, -0.05) is 0 Å². The maximum absolute atomic E-state index is 13.1. The van der Waals surface area contributed by atoms with Crippen LogP contribution < -0.4 is 10.6 Å². The van der Waals surface area contributed by atoms with E-state index in [4.69, 9.17) is 0 Å². The molecule has 2 amide bonds. The van der Waals surface area contributed by atoms with E-state index in [-0.39, 0.29) is 17.7 Å². The zero-order valence-electron chi connectivity index (χ0n) is 14.7. The van der Waals surface area contributed by atoms with Gasteiger partial charge < -0.3 is 10.6 Å². The molecule has 0 radical (unpaired) electrons. The normalized spacial score (nSPS) is 13.0. The summed E-state index contributed by atoms with van der Waals surface area (Å²) >= 11 is 0. The molecule has 8 heteroatoms. The Bertz CT molecular complexity index is 1030. The van der Waals surface area contributed by atoms with Crippen molar-refractivity contribution in [3.63, 3.8) is 0 Å². The Morgan fingerprint density at radius 1 is 1.00 bits per heavy atom. The number of hydrogen-bond acceptors (Lipinski definition) is 5. The van der Waals surface area contributed by atoms with Gasteiger partial charge in [-0.05, 0) is 43.2 Å². The van der Waals surface area contributed by atoms with Gasteiger partial charge in [-0.2, -0.15) is 4.39 Å². The molecule has 140 valence electrons. The molecule has 3 aromatic rings. The average molecular weight is 376 g/mol. The SMILES string of the molecule is O=C(Nc1cnccc1-c1ccc([18F])nc1)c1ccnc(NC(=O)C2CC2)c1. The monoisotopic (exact) mass is 376 g/mol. The van der Waals surface area contributed by atoms with Crippen LogP contribution in [0.1, 0.15) is 23.2 Å². The van der Waals surface area contributed by atoms with Crippen LogP contribution in [0.5, 0.6) is 0 Å². The van der Waals surface area contributed by atoms with Gasteiger partial charge in [0, 0.05) is 41.2 Å². The number of rotatable bonds is 5. The summed E-state index contributed by atoms with van der Waals surface area (Å²) in [6.45, 7) is 0. The maximum Gasteiger partial charge on any atom is 0.255 e. The third kappa shape index (κ3) is 4.01. The summed E-state index contributed by atoms with van der Waals surface area (Å²) in [5.41, 5.74) is 2.10. The minimum Gasteiger partial charge on any atom is -0.320 e. The van der Waals surface area contributed by atoms with Crippen molar-refractivity contribution >= 4 is 23.3 Å². The van der Waals surface area contributed by atoms with Gasteiger partial charge in [0.2, 0.25) is 11.9 Å². The molecule has 1 fully saturated rings. The topological polar surface area (TPSA) is 96.9 Å². The van der Waals surface area contributed by atoms with Crippen LogP contribution >= 0.6 is 0 Å². The highest BCUT2D eigenvalue weighted by Gasteiger charge is 2.29. The molecule has 0 atom stereocenters. The van der Waals surface area contributed by atoms with E-state index in [1.807, 2.05) is 0 Å². The molecule has 28 heavy (non-hydrogen) atoms. The molecule has 0 saturated heterocycles. The van der Waals surface area contributed by atoms with E-state index in [1.54, 1.807) is 24.4 Å². The largest absolute Gasteiger partial charge is 0.320 e. The lowest BCUT2D eigenvalue weighted by molar-refractivity contribution is -0.117. The summed E-state index contributed by atoms with van der Waals surface area (Å²) in [6, 6.07) is 7.60. The summed E-state index contributed by atoms with van der Waals surface area (Å²) in [6.07, 6.45) is 7.70. The third-order valence-electron chi connectivity index (χ3n) is 4.33. The van der Waals surface area contributed by atoms with Crippen LogP contribution in [0.4, 0.5) is 15.9 Å². The fourth-order valence-electron chi connectivity index (χ4n) is 2.69. The fourth-order valence-corrected chi connectivity index (χ4v) is 2.69. The molecule has 1 aliphatic rings. The Hall–Kier alpha value is -3.68. The number of pyridine rings is 3. The van der Waals surface area contributed by atoms with E-state index in [2.05, 4.69) is 25.6 Å². The molecule has 0 aromatic carbocycles. The molecular formula is C20H16FN5O2. The highest BCUT2D eigenvalue weighted by atomic mass is 18.2. The summed E-state index contributed by atoms with van der Waals surface area (Å²) in [5, 5.41) is 5.51. The molecule has 0 spiro atoms. The number of halogens is 1. The van der Waals surface area contributed by atoms with Crippen LogP contribution in [0.25, 0.3) is 11.1 Å². The van der Waals surface area contributed by atoms with Crippen molar-refractivity contribution in [3.8, 4) is 11.1 Å². The number of nitrogens with zero attached hydrogens (tertiary/aromatic N) is 3. The number of nitrogens with one attached hydrogen (secondary N) is 2. The summed E-state index contributed by atoms with van der Waals surface area (Å²) in [4.78, 5) is 36.3. The Labute approximate surface area is 160 Å². The molecule has 0 aliphatic heterocycles. The number of amides is 2. The van der Waals surface area contributed by atoms with Crippen LogP contribution in [0, 0.1) is 11.9 Å². The fraction of sp³-hybridized carbons (Fsp3) is 0.150. The number of carbonyl (C=O) groups excluding carboxylic acids is 2. The lowest BCUT2D eigenvalue weighted by Crippen LogP contribution is -2.16. The van der Waals surface area contributed by atoms with Gasteiger partial charge in [-0.15, -0.1) is 0 Å². The molecule has 7 nitrogen and oxygen atoms in total. The van der Waals surface area contributed by atoms with Gasteiger partial charge >= 0.3 is 0 Å². The molecule has 2 N–H and O–H groups in total. The minimum atomic E-state index is -0.582. The predicted octanol–water partition coefficient (Wildman–Crippen LogP) is 3.28. The number of anilines is 2. The highest BCUT2D eigenvalue weighted by molar-refractivity contribution is 6.06. The first kappa shape index (κ1) is 17.7. The first-order chi connectivity index (χ1) is 13.6. The number of carbonyl (C=O) groups is 2. The van der Waals surface area contributed by atoms with Crippen molar-refractivity contribution in [1.82, 2.24) is 15.0 Å². The van der Waals surface area contributed by atoms with E-state index in [0.29, 0.717) is 28.2 Å². The molecule has 0 unspecified atom stereocenters. The summed E-state index contributed by atoms with van der Waals surface area (Å²) in [7, 11) is 0. The van der Waals surface area contributed by atoms with Gasteiger partial charge in [0.1, 0.15) is 5.82 Å². The number of hydrogen-bond donors (Lipinski definition) is 2. The Morgan fingerprint density at radius 2 is 1.86 bits per heavy atom. The molecule has 3 aromatic heterocycles. The van der Waals surface area contributed by atoms with Crippen molar-refractivity contribution in [1.29, 1.82) is 0 Å². The smallest absolute Gasteiger partial charge is 0.255 e. The van der Waals surface area contributed by atoms with Crippen molar-refractivity contribution in [2.75, 3.05) is 10.6 Å². The standard InChI is InChI=1S/C20H16FN5O2/c21-17-4-3-14(10-24-17)15-6-7-22-11-16(15)25-20(28)13-5-8-23-18(9-13)26-19(27)12-1-2-12/h3-12H,1-2H2,(H,25,28)(H,23,26,27)/i21-1. The van der Waals surface area contributed by atoms with Crippen LogP contribution in [0.3, 0.4) is 0 Å². The van der Waals surface area contributed by atoms with Gasteiger partial charge in [0.15, 0.2) is 0 Å². The number of aromatic nitrogens is 3. The molecule has 3 heterocycles. The van der Waals surface area contributed by atoms with E-state index in [1.165, 1.54) is 30.7 Å². The van der Waals surface area contributed by atoms with Crippen molar-refractivity contribution < 1.29 is 14.0 Å². The molecule has 1 saturated carbocycles. The van der Waals surface area contributed by atoms with Crippen LogP contribution in [0.2, 0.25) is 0 Å². The van der Waals surface area contributed by atoms with Gasteiger partial charge in [-0.25, -0.2) is 9.97 Å². The van der Waals surface area contributed by atoms with E-state index < -0.39 is 5.95 Å². The summed E-state index contributed by atoms with van der Waals surface area (Å²) < 4.78 is 13.1. The molecular weight excluding hydrogens is 360 g/mol. The third-order valence-corrected chi connectivity index (χ3v) is 4.33. The highest BCUT2D eigenvalue weighted by Crippen LogP contribution is 2.30. The Kier molecular flexibility index (Phi) is 4.76. The zero-order valence-corrected chi connectivity index (χ0v) is 14.7. The van der Waals surface area contributed by atoms with E-state index >= 15 is 0 Å². The quantitative estimate of drug-likeness (QED) is 0.666. The maximum atomic E-state index is 13.1. The molecule has 1 aliphatic carbocycles. The van der Waals surface area contributed by atoms with Crippen molar-refractivity contribution in [2.45, 2.75) is 12.8 Å². The van der Waals surface area contributed by atoms with E-state index in [0.717, 1.165) is 12.8 Å². The average Bonchev–Trinajstić information content (AvgIpc) is 3.55. The van der Waals surface area contributed by atoms with Crippen molar-refractivity contribution in [3.05, 3.63) is 66.6 Å². The predicted molar refractivity (Wildman–Crippen MR) is 101 cm³/mol. The minimum absolute atomic E-state index is 0.0431. The second-order valence-electron chi connectivity index (χ2n) is 6.44. The first-order valence-electron chi connectivity index (χ1n) is 8.74. The van der Waals surface area contributed by atoms with E-state index in [9.17, 15) is 14.0 Å². The Balaban J connectivity index is 1.54. The van der Waals surface area contributed by atoms with Crippen LogP contribution in [-0.2, 0) is 4.79 Å².